The number of amides is 1. The Labute approximate surface area is 187 Å². The molecule has 3 aromatic rings. The summed E-state index contributed by atoms with van der Waals surface area (Å²) in [5, 5.41) is 4.11. The van der Waals surface area contributed by atoms with Gasteiger partial charge in [0.25, 0.3) is 5.91 Å². The highest BCUT2D eigenvalue weighted by molar-refractivity contribution is 7.20. The number of pyridine rings is 1. The Hall–Kier alpha value is -2.54. The summed E-state index contributed by atoms with van der Waals surface area (Å²) in [4.78, 5) is 21.7. The largest absolute Gasteiger partial charge is 0.383 e. The fourth-order valence-electron chi connectivity index (χ4n) is 4.32. The summed E-state index contributed by atoms with van der Waals surface area (Å²) in [6, 6.07) is 14.5. The molecule has 1 fully saturated rings. The van der Waals surface area contributed by atoms with Crippen molar-refractivity contribution in [3.8, 4) is 0 Å². The minimum atomic E-state index is -0.0198. The van der Waals surface area contributed by atoms with Crippen LogP contribution in [0.2, 0.25) is 0 Å². The normalized spacial score (nSPS) is 17.4. The second kappa shape index (κ2) is 10.2. The maximum atomic E-state index is 12.9. The Morgan fingerprint density at radius 3 is 2.94 bits per heavy atom. The van der Waals surface area contributed by atoms with Crippen LogP contribution < -0.4 is 5.32 Å². The van der Waals surface area contributed by atoms with Crippen LogP contribution >= 0.6 is 11.3 Å². The van der Waals surface area contributed by atoms with Gasteiger partial charge in [-0.15, -0.1) is 11.3 Å². The number of hydrogen-bond acceptors (Lipinski definition) is 5. The molecule has 2 aromatic heterocycles. The molecule has 1 amide bonds. The van der Waals surface area contributed by atoms with Crippen molar-refractivity contribution in [2.45, 2.75) is 19.3 Å². The van der Waals surface area contributed by atoms with Crippen LogP contribution in [0.4, 0.5) is 0 Å². The molecule has 4 rings (SSSR count). The molecular formula is C25H29N3O2S. The number of carbonyl (C=O) groups is 1. The molecule has 1 N–H and O–H groups in total. The number of nitrogens with one attached hydrogen (secondary N) is 1. The van der Waals surface area contributed by atoms with Crippen LogP contribution in [-0.4, -0.2) is 55.7 Å². The van der Waals surface area contributed by atoms with E-state index in [0.717, 1.165) is 46.7 Å². The Bertz CT molecular complexity index is 1060. The molecule has 5 nitrogen and oxygen atoms in total. The fourth-order valence-corrected chi connectivity index (χ4v) is 5.46. The van der Waals surface area contributed by atoms with Gasteiger partial charge >= 0.3 is 0 Å². The predicted molar refractivity (Wildman–Crippen MR) is 128 cm³/mol. The molecule has 31 heavy (non-hydrogen) atoms. The van der Waals surface area contributed by atoms with Crippen LogP contribution in [0.3, 0.4) is 0 Å². The van der Waals surface area contributed by atoms with Crippen molar-refractivity contribution < 1.29 is 9.53 Å². The zero-order chi connectivity index (χ0) is 21.6. The first-order valence-electron chi connectivity index (χ1n) is 10.7. The summed E-state index contributed by atoms with van der Waals surface area (Å²) in [6.45, 7) is 6.15. The molecule has 3 heterocycles. The van der Waals surface area contributed by atoms with Crippen molar-refractivity contribution in [2.24, 2.45) is 0 Å². The van der Waals surface area contributed by atoms with E-state index in [9.17, 15) is 4.79 Å². The van der Waals surface area contributed by atoms with Crippen molar-refractivity contribution >= 4 is 33.5 Å². The molecule has 0 aliphatic carbocycles. The molecule has 1 aliphatic heterocycles. The highest BCUT2D eigenvalue weighted by Crippen LogP contribution is 2.39. The van der Waals surface area contributed by atoms with Gasteiger partial charge < -0.3 is 10.1 Å². The Morgan fingerprint density at radius 2 is 2.13 bits per heavy atom. The van der Waals surface area contributed by atoms with Crippen LogP contribution in [0.5, 0.6) is 0 Å². The van der Waals surface area contributed by atoms with Gasteiger partial charge in [-0.25, -0.2) is 4.98 Å². The van der Waals surface area contributed by atoms with Gasteiger partial charge in [-0.05, 0) is 37.1 Å². The van der Waals surface area contributed by atoms with Gasteiger partial charge in [0, 0.05) is 44.2 Å². The first kappa shape index (κ1) is 21.7. The summed E-state index contributed by atoms with van der Waals surface area (Å²) >= 11 is 1.50. The predicted octanol–water partition coefficient (Wildman–Crippen LogP) is 4.57. The minimum absolute atomic E-state index is 0.0198. The van der Waals surface area contributed by atoms with Crippen LogP contribution in [0.25, 0.3) is 16.3 Å². The van der Waals surface area contributed by atoms with E-state index in [1.165, 1.54) is 22.5 Å². The lowest BCUT2D eigenvalue weighted by Crippen LogP contribution is -2.27. The lowest BCUT2D eigenvalue weighted by atomic mass is 9.95. The van der Waals surface area contributed by atoms with Crippen molar-refractivity contribution in [2.75, 3.05) is 39.9 Å². The monoisotopic (exact) mass is 435 g/mol. The van der Waals surface area contributed by atoms with Crippen LogP contribution in [0, 0.1) is 0 Å². The maximum absolute atomic E-state index is 12.9. The second-order valence-corrected chi connectivity index (χ2v) is 9.07. The standard InChI is InChI=1S/C25H29N3O2S/c1-18(15-19-7-4-3-5-8-19)16-28-13-10-20(17-28)22-21-9-6-11-27-25(21)31-23(22)24(29)26-12-14-30-2/h3-9,11,15,20H,10,12-14,16-17H2,1-2H3,(H,26,29)/b18-15+/t20-/m0/s1. The highest BCUT2D eigenvalue weighted by atomic mass is 32.1. The van der Waals surface area contributed by atoms with E-state index in [4.69, 9.17) is 4.74 Å². The molecule has 1 aliphatic rings. The number of nitrogens with zero attached hydrogens (tertiary/aromatic N) is 2. The molecule has 0 bridgehead atoms. The molecule has 0 saturated carbocycles. The van der Waals surface area contributed by atoms with Crippen molar-refractivity contribution in [1.82, 2.24) is 15.2 Å². The number of fused-ring (bicyclic) bond motifs is 1. The first-order chi connectivity index (χ1) is 15.2. The van der Waals surface area contributed by atoms with E-state index in [0.29, 0.717) is 19.1 Å². The number of aromatic nitrogens is 1. The molecule has 6 heteroatoms. The van der Waals surface area contributed by atoms with E-state index < -0.39 is 0 Å². The average molecular weight is 436 g/mol. The van der Waals surface area contributed by atoms with E-state index >= 15 is 0 Å². The minimum Gasteiger partial charge on any atom is -0.383 e. The molecule has 1 saturated heterocycles. The van der Waals surface area contributed by atoms with Crippen LogP contribution in [0.15, 0.2) is 54.2 Å². The number of thiophene rings is 1. The summed E-state index contributed by atoms with van der Waals surface area (Å²) in [7, 11) is 1.64. The summed E-state index contributed by atoms with van der Waals surface area (Å²) < 4.78 is 5.08. The number of rotatable bonds is 8. The van der Waals surface area contributed by atoms with Gasteiger partial charge in [0.15, 0.2) is 0 Å². The molecule has 0 spiro atoms. The Balaban J connectivity index is 1.51. The molecule has 162 valence electrons. The molecule has 1 aromatic carbocycles. The van der Waals surface area contributed by atoms with E-state index in [1.54, 1.807) is 13.3 Å². The van der Waals surface area contributed by atoms with Gasteiger partial charge in [0.1, 0.15) is 4.83 Å². The first-order valence-corrected chi connectivity index (χ1v) is 11.6. The smallest absolute Gasteiger partial charge is 0.261 e. The maximum Gasteiger partial charge on any atom is 0.261 e. The zero-order valence-corrected chi connectivity index (χ0v) is 19.0. The number of benzene rings is 1. The summed E-state index contributed by atoms with van der Waals surface area (Å²) in [6.07, 6.45) is 5.11. The van der Waals surface area contributed by atoms with Crippen LogP contribution in [-0.2, 0) is 4.74 Å². The fraction of sp³-hybridized carbons (Fsp3) is 0.360. The molecular weight excluding hydrogens is 406 g/mol. The molecule has 1 atom stereocenters. The van der Waals surface area contributed by atoms with Crippen molar-refractivity contribution in [3.05, 3.63) is 70.2 Å². The number of hydrogen-bond donors (Lipinski definition) is 1. The topological polar surface area (TPSA) is 54.5 Å². The zero-order valence-electron chi connectivity index (χ0n) is 18.1. The third-order valence-corrected chi connectivity index (χ3v) is 6.80. The van der Waals surface area contributed by atoms with Gasteiger partial charge in [-0.2, -0.15) is 0 Å². The van der Waals surface area contributed by atoms with Crippen molar-refractivity contribution in [1.29, 1.82) is 0 Å². The van der Waals surface area contributed by atoms with Crippen molar-refractivity contribution in [3.63, 3.8) is 0 Å². The van der Waals surface area contributed by atoms with Gasteiger partial charge in [-0.3, -0.25) is 9.69 Å². The highest BCUT2D eigenvalue weighted by Gasteiger charge is 2.30. The number of methoxy groups -OCH3 is 1. The number of ether oxygens (including phenoxy) is 1. The van der Waals surface area contributed by atoms with Gasteiger partial charge in [-0.1, -0.05) is 48.0 Å². The van der Waals surface area contributed by atoms with E-state index in [-0.39, 0.29) is 5.91 Å². The number of likely N-dealkylation sites (tertiary alicyclic amines) is 1. The lowest BCUT2D eigenvalue weighted by Gasteiger charge is -2.17. The average Bonchev–Trinajstić information content (AvgIpc) is 3.38. The SMILES string of the molecule is COCCNC(=O)c1sc2ncccc2c1[C@H]1CCN(C/C(C)=C/c2ccccc2)C1. The lowest BCUT2D eigenvalue weighted by molar-refractivity contribution is 0.0940. The Kier molecular flexibility index (Phi) is 7.12. The number of carbonyl (C=O) groups excluding carboxylic acids is 1. The van der Waals surface area contributed by atoms with E-state index in [1.807, 2.05) is 12.1 Å². The van der Waals surface area contributed by atoms with Gasteiger partial charge in [0.2, 0.25) is 0 Å². The van der Waals surface area contributed by atoms with Crippen LogP contribution in [0.1, 0.15) is 40.1 Å². The third kappa shape index (κ3) is 5.21. The third-order valence-electron chi connectivity index (χ3n) is 5.67. The summed E-state index contributed by atoms with van der Waals surface area (Å²) in [5.41, 5.74) is 3.75. The van der Waals surface area contributed by atoms with E-state index in [2.05, 4.69) is 58.5 Å². The molecule has 0 unspecified atom stereocenters. The molecule has 0 radical (unpaired) electrons. The Morgan fingerprint density at radius 1 is 1.29 bits per heavy atom. The summed E-state index contributed by atoms with van der Waals surface area (Å²) in [5.74, 6) is 0.319. The second-order valence-electron chi connectivity index (χ2n) is 8.07. The quantitative estimate of drug-likeness (QED) is 0.527. The van der Waals surface area contributed by atoms with Gasteiger partial charge in [0.05, 0.1) is 11.5 Å².